The van der Waals surface area contributed by atoms with Gasteiger partial charge >= 0.3 is 5.97 Å². The van der Waals surface area contributed by atoms with E-state index in [1.807, 2.05) is 0 Å². The number of aromatic nitrogens is 3. The lowest BCUT2D eigenvalue weighted by atomic mass is 10.3. The summed E-state index contributed by atoms with van der Waals surface area (Å²) < 4.78 is 0. The van der Waals surface area contributed by atoms with Gasteiger partial charge in [0.2, 0.25) is 0 Å². The van der Waals surface area contributed by atoms with Crippen LogP contribution in [0.3, 0.4) is 0 Å². The molecule has 0 fully saturated rings. The van der Waals surface area contributed by atoms with E-state index in [0.717, 1.165) is 0 Å². The molecule has 2 N–H and O–H groups in total. The van der Waals surface area contributed by atoms with Crippen LogP contribution in [0.5, 0.6) is 0 Å². The number of carbonyl (C=O) groups excluding carboxylic acids is 1. The molecule has 7 nitrogen and oxygen atoms in total. The molecule has 0 unspecified atom stereocenters. The molecule has 7 heteroatoms. The Bertz CT molecular complexity index is 336. The maximum Gasteiger partial charge on any atom is 0.305 e. The molecule has 0 atom stereocenters. The Labute approximate surface area is 86.1 Å². The molecule has 1 heterocycles. The number of rotatable bonds is 5. The van der Waals surface area contributed by atoms with Gasteiger partial charge in [-0.25, -0.2) is 0 Å². The average molecular weight is 212 g/mol. The number of hydrogen-bond acceptors (Lipinski definition) is 4. The van der Waals surface area contributed by atoms with Crippen LogP contribution in [-0.4, -0.2) is 50.4 Å². The molecule has 1 aromatic heterocycles. The van der Waals surface area contributed by atoms with Crippen molar-refractivity contribution < 1.29 is 14.7 Å². The fraction of sp³-hybridized carbons (Fsp3) is 0.500. The van der Waals surface area contributed by atoms with E-state index in [1.54, 1.807) is 6.92 Å². The zero-order valence-electron chi connectivity index (χ0n) is 8.30. The highest BCUT2D eigenvalue weighted by Crippen LogP contribution is 2.00. The fourth-order valence-corrected chi connectivity index (χ4v) is 1.10. The second-order valence-electron chi connectivity index (χ2n) is 2.88. The van der Waals surface area contributed by atoms with Gasteiger partial charge in [-0.2, -0.15) is 15.4 Å². The van der Waals surface area contributed by atoms with E-state index in [2.05, 4.69) is 15.4 Å². The molecule has 0 radical (unpaired) electrons. The number of nitrogens with one attached hydrogen (secondary N) is 1. The van der Waals surface area contributed by atoms with E-state index in [4.69, 9.17) is 5.11 Å². The first-order valence-corrected chi connectivity index (χ1v) is 4.52. The number of H-pyrrole nitrogens is 1. The van der Waals surface area contributed by atoms with E-state index in [9.17, 15) is 9.59 Å². The van der Waals surface area contributed by atoms with E-state index < -0.39 is 5.97 Å². The molecule has 0 bridgehead atoms. The largest absolute Gasteiger partial charge is 0.481 e. The Morgan fingerprint density at radius 1 is 1.60 bits per heavy atom. The van der Waals surface area contributed by atoms with Crippen molar-refractivity contribution in [1.82, 2.24) is 20.3 Å². The van der Waals surface area contributed by atoms with Gasteiger partial charge in [0.1, 0.15) is 0 Å². The molecule has 0 aromatic carbocycles. The van der Waals surface area contributed by atoms with Crippen LogP contribution in [0, 0.1) is 0 Å². The Kier molecular flexibility index (Phi) is 3.78. The number of amides is 1. The van der Waals surface area contributed by atoms with Crippen LogP contribution in [0.1, 0.15) is 23.8 Å². The maximum absolute atomic E-state index is 11.7. The highest BCUT2D eigenvalue weighted by molar-refractivity contribution is 5.92. The van der Waals surface area contributed by atoms with Crippen LogP contribution in [0.2, 0.25) is 0 Å². The van der Waals surface area contributed by atoms with Crippen molar-refractivity contribution in [1.29, 1.82) is 0 Å². The fourth-order valence-electron chi connectivity index (χ4n) is 1.10. The normalized spacial score (nSPS) is 9.93. The third kappa shape index (κ3) is 3.04. The zero-order valence-corrected chi connectivity index (χ0v) is 8.30. The van der Waals surface area contributed by atoms with Crippen LogP contribution < -0.4 is 0 Å². The summed E-state index contributed by atoms with van der Waals surface area (Å²) in [6, 6.07) is 0. The number of hydrogen-bond donors (Lipinski definition) is 2. The lowest BCUT2D eigenvalue weighted by Gasteiger charge is -2.18. The Balaban J connectivity index is 2.59. The monoisotopic (exact) mass is 212 g/mol. The molecule has 1 rings (SSSR count). The number of aliphatic carboxylic acids is 1. The minimum atomic E-state index is -0.929. The Morgan fingerprint density at radius 2 is 2.33 bits per heavy atom. The third-order valence-electron chi connectivity index (χ3n) is 1.90. The highest BCUT2D eigenvalue weighted by Gasteiger charge is 2.17. The molecule has 0 spiro atoms. The molecular formula is C8H12N4O3. The van der Waals surface area contributed by atoms with Gasteiger partial charge in [-0.3, -0.25) is 9.59 Å². The first-order valence-electron chi connectivity index (χ1n) is 4.52. The van der Waals surface area contributed by atoms with Crippen molar-refractivity contribution in [3.8, 4) is 0 Å². The van der Waals surface area contributed by atoms with Gasteiger partial charge < -0.3 is 10.0 Å². The quantitative estimate of drug-likeness (QED) is 0.700. The molecule has 1 amide bonds. The predicted molar refractivity (Wildman–Crippen MR) is 50.2 cm³/mol. The minimum absolute atomic E-state index is 0.0720. The number of aromatic amines is 1. The van der Waals surface area contributed by atoms with Crippen molar-refractivity contribution in [2.75, 3.05) is 13.1 Å². The molecule has 0 saturated heterocycles. The molecule has 0 aliphatic carbocycles. The Hall–Kier alpha value is -1.92. The maximum atomic E-state index is 11.7. The summed E-state index contributed by atoms with van der Waals surface area (Å²) in [4.78, 5) is 23.4. The SMILES string of the molecule is CCN(CCC(=O)O)C(=O)c1cn[nH]n1. The van der Waals surface area contributed by atoms with Gasteiger partial charge in [-0.15, -0.1) is 0 Å². The second kappa shape index (κ2) is 5.08. The molecule has 1 aromatic rings. The number of carboxylic acids is 1. The summed E-state index contributed by atoms with van der Waals surface area (Å²) in [6.45, 7) is 2.40. The third-order valence-corrected chi connectivity index (χ3v) is 1.90. The molecule has 0 saturated carbocycles. The number of carboxylic acid groups (broad SMARTS) is 1. The molecule has 82 valence electrons. The van der Waals surface area contributed by atoms with Crippen molar-refractivity contribution in [3.63, 3.8) is 0 Å². The van der Waals surface area contributed by atoms with E-state index in [0.29, 0.717) is 6.54 Å². The van der Waals surface area contributed by atoms with Crippen molar-refractivity contribution in [3.05, 3.63) is 11.9 Å². The van der Waals surface area contributed by atoms with Crippen LogP contribution in [0.15, 0.2) is 6.20 Å². The zero-order chi connectivity index (χ0) is 11.3. The van der Waals surface area contributed by atoms with Gasteiger partial charge in [0.15, 0.2) is 5.69 Å². The summed E-state index contributed by atoms with van der Waals surface area (Å²) in [7, 11) is 0. The number of carbonyl (C=O) groups is 2. The molecule has 0 aliphatic rings. The summed E-state index contributed by atoms with van der Waals surface area (Å²) >= 11 is 0. The van der Waals surface area contributed by atoms with E-state index in [-0.39, 0.29) is 24.6 Å². The van der Waals surface area contributed by atoms with Crippen LogP contribution in [0.25, 0.3) is 0 Å². The predicted octanol–water partition coefficient (Wildman–Crippen LogP) is -0.259. The van der Waals surface area contributed by atoms with Crippen molar-refractivity contribution in [2.45, 2.75) is 13.3 Å². The summed E-state index contributed by atoms with van der Waals surface area (Å²) in [5.41, 5.74) is 0.197. The first kappa shape index (κ1) is 11.2. The summed E-state index contributed by atoms with van der Waals surface area (Å²) in [5, 5.41) is 18.0. The van der Waals surface area contributed by atoms with Crippen LogP contribution in [0.4, 0.5) is 0 Å². The first-order chi connectivity index (χ1) is 7.15. The van der Waals surface area contributed by atoms with Crippen LogP contribution in [-0.2, 0) is 4.79 Å². The Morgan fingerprint density at radius 3 is 2.80 bits per heavy atom. The summed E-state index contributed by atoms with van der Waals surface area (Å²) in [5.74, 6) is -1.24. The van der Waals surface area contributed by atoms with Crippen LogP contribution >= 0.6 is 0 Å². The van der Waals surface area contributed by atoms with E-state index in [1.165, 1.54) is 11.1 Å². The standard InChI is InChI=1S/C8H12N4O3/c1-2-12(4-3-7(13)14)8(15)6-5-9-11-10-6/h5H,2-4H2,1H3,(H,13,14)(H,9,10,11). The lowest BCUT2D eigenvalue weighted by Crippen LogP contribution is -2.33. The smallest absolute Gasteiger partial charge is 0.305 e. The number of nitrogens with zero attached hydrogens (tertiary/aromatic N) is 3. The summed E-state index contributed by atoms with van der Waals surface area (Å²) in [6.07, 6.45) is 1.24. The van der Waals surface area contributed by atoms with Gasteiger partial charge in [0.05, 0.1) is 12.6 Å². The van der Waals surface area contributed by atoms with Gasteiger partial charge in [-0.1, -0.05) is 0 Å². The molecule has 0 aliphatic heterocycles. The van der Waals surface area contributed by atoms with Crippen molar-refractivity contribution >= 4 is 11.9 Å². The molecule has 15 heavy (non-hydrogen) atoms. The average Bonchev–Trinajstić information content (AvgIpc) is 2.70. The highest BCUT2D eigenvalue weighted by atomic mass is 16.4. The van der Waals surface area contributed by atoms with Gasteiger partial charge in [-0.05, 0) is 6.92 Å². The van der Waals surface area contributed by atoms with Crippen molar-refractivity contribution in [2.24, 2.45) is 0 Å². The van der Waals surface area contributed by atoms with Gasteiger partial charge in [0.25, 0.3) is 5.91 Å². The van der Waals surface area contributed by atoms with Gasteiger partial charge in [0, 0.05) is 13.1 Å². The second-order valence-corrected chi connectivity index (χ2v) is 2.88. The lowest BCUT2D eigenvalue weighted by molar-refractivity contribution is -0.137. The van der Waals surface area contributed by atoms with E-state index >= 15 is 0 Å². The molecular weight excluding hydrogens is 200 g/mol. The topological polar surface area (TPSA) is 99.2 Å². The minimum Gasteiger partial charge on any atom is -0.481 e.